The number of hydrogen-bond donors (Lipinski definition) is 2. The molecule has 0 aliphatic heterocycles. The molecule has 18 heavy (non-hydrogen) atoms. The molecule has 4 heteroatoms. The van der Waals surface area contributed by atoms with Gasteiger partial charge in [0.2, 0.25) is 0 Å². The fourth-order valence-electron chi connectivity index (χ4n) is 2.26. The zero-order valence-electron chi connectivity index (χ0n) is 11.1. The minimum absolute atomic E-state index is 0.0927. The SMILES string of the molecule is C=CCN(C)C(c1cccnc1)C(C)(CO)CO. The quantitative estimate of drug-likeness (QED) is 0.715. The van der Waals surface area contributed by atoms with Gasteiger partial charge in [-0.25, -0.2) is 0 Å². The minimum Gasteiger partial charge on any atom is -0.396 e. The highest BCUT2D eigenvalue weighted by atomic mass is 16.3. The zero-order chi connectivity index (χ0) is 13.6. The summed E-state index contributed by atoms with van der Waals surface area (Å²) in [5, 5.41) is 19.2. The van der Waals surface area contributed by atoms with Gasteiger partial charge in [-0.05, 0) is 18.7 Å². The average Bonchev–Trinajstić information content (AvgIpc) is 2.40. The van der Waals surface area contributed by atoms with Crippen molar-refractivity contribution in [3.63, 3.8) is 0 Å². The maximum absolute atomic E-state index is 9.60. The lowest BCUT2D eigenvalue weighted by molar-refractivity contribution is -0.00402. The van der Waals surface area contributed by atoms with Crippen LogP contribution in [0.15, 0.2) is 37.2 Å². The summed E-state index contributed by atoms with van der Waals surface area (Å²) in [6, 6.07) is 3.71. The van der Waals surface area contributed by atoms with E-state index in [1.54, 1.807) is 18.5 Å². The van der Waals surface area contributed by atoms with E-state index in [4.69, 9.17) is 0 Å². The van der Waals surface area contributed by atoms with Crippen molar-refractivity contribution in [1.82, 2.24) is 9.88 Å². The second-order valence-corrected chi connectivity index (χ2v) is 4.89. The number of aliphatic hydroxyl groups excluding tert-OH is 2. The molecule has 0 saturated carbocycles. The highest BCUT2D eigenvalue weighted by Gasteiger charge is 2.36. The van der Waals surface area contributed by atoms with E-state index in [1.165, 1.54) is 0 Å². The molecule has 2 N–H and O–H groups in total. The van der Waals surface area contributed by atoms with Gasteiger partial charge in [-0.3, -0.25) is 9.88 Å². The van der Waals surface area contributed by atoms with Crippen molar-refractivity contribution in [2.45, 2.75) is 13.0 Å². The van der Waals surface area contributed by atoms with Gasteiger partial charge in [0.25, 0.3) is 0 Å². The molecule has 1 atom stereocenters. The topological polar surface area (TPSA) is 56.6 Å². The molecule has 4 nitrogen and oxygen atoms in total. The Kier molecular flexibility index (Phi) is 5.47. The van der Waals surface area contributed by atoms with Gasteiger partial charge in [0.05, 0.1) is 13.2 Å². The van der Waals surface area contributed by atoms with Crippen molar-refractivity contribution in [1.29, 1.82) is 0 Å². The number of pyridine rings is 1. The van der Waals surface area contributed by atoms with E-state index < -0.39 is 5.41 Å². The first-order valence-corrected chi connectivity index (χ1v) is 6.02. The molecule has 0 bridgehead atoms. The molecule has 1 heterocycles. The number of hydrogen-bond acceptors (Lipinski definition) is 4. The first-order valence-electron chi connectivity index (χ1n) is 6.02. The van der Waals surface area contributed by atoms with Crippen LogP contribution in [-0.4, -0.2) is 46.9 Å². The lowest BCUT2D eigenvalue weighted by Crippen LogP contribution is -2.42. The van der Waals surface area contributed by atoms with Gasteiger partial charge in [-0.1, -0.05) is 19.1 Å². The summed E-state index contributed by atoms with van der Waals surface area (Å²) in [5.74, 6) is 0. The molecule has 1 aromatic rings. The first kappa shape index (κ1) is 14.8. The number of aliphatic hydroxyl groups is 2. The van der Waals surface area contributed by atoms with Crippen LogP contribution in [-0.2, 0) is 0 Å². The Hall–Kier alpha value is -1.23. The molecule has 0 saturated heterocycles. The van der Waals surface area contributed by atoms with Crippen LogP contribution in [0.3, 0.4) is 0 Å². The molecule has 0 aliphatic rings. The largest absolute Gasteiger partial charge is 0.396 e. The number of rotatable bonds is 7. The van der Waals surface area contributed by atoms with E-state index in [0.717, 1.165) is 5.56 Å². The maximum Gasteiger partial charge on any atom is 0.0525 e. The Morgan fingerprint density at radius 1 is 1.50 bits per heavy atom. The summed E-state index contributed by atoms with van der Waals surface area (Å²) in [6.07, 6.45) is 5.29. The van der Waals surface area contributed by atoms with Crippen LogP contribution in [0.5, 0.6) is 0 Å². The fraction of sp³-hybridized carbons (Fsp3) is 0.500. The van der Waals surface area contributed by atoms with Crippen LogP contribution in [0.4, 0.5) is 0 Å². The summed E-state index contributed by atoms with van der Waals surface area (Å²) in [5.41, 5.74) is 0.355. The van der Waals surface area contributed by atoms with Gasteiger partial charge in [-0.15, -0.1) is 6.58 Å². The summed E-state index contributed by atoms with van der Waals surface area (Å²) >= 11 is 0. The zero-order valence-corrected chi connectivity index (χ0v) is 11.1. The Balaban J connectivity index is 3.13. The van der Waals surface area contributed by atoms with Crippen molar-refractivity contribution >= 4 is 0 Å². The minimum atomic E-state index is -0.624. The van der Waals surface area contributed by atoms with E-state index in [1.807, 2.05) is 26.1 Å². The second-order valence-electron chi connectivity index (χ2n) is 4.89. The third-order valence-corrected chi connectivity index (χ3v) is 3.24. The lowest BCUT2D eigenvalue weighted by atomic mass is 9.79. The molecule has 0 spiro atoms. The number of likely N-dealkylation sites (N-methyl/N-ethyl adjacent to an activating group) is 1. The molecule has 100 valence electrons. The first-order chi connectivity index (χ1) is 8.59. The number of nitrogens with zero attached hydrogens (tertiary/aromatic N) is 2. The molecule has 0 aliphatic carbocycles. The predicted octanol–water partition coefficient (Wildman–Crippen LogP) is 1.23. The predicted molar refractivity (Wildman–Crippen MR) is 72.1 cm³/mol. The smallest absolute Gasteiger partial charge is 0.0525 e. The lowest BCUT2D eigenvalue weighted by Gasteiger charge is -2.40. The molecule has 0 radical (unpaired) electrons. The van der Waals surface area contributed by atoms with Crippen molar-refractivity contribution in [3.8, 4) is 0 Å². The highest BCUT2D eigenvalue weighted by Crippen LogP contribution is 2.36. The molecule has 0 fully saturated rings. The van der Waals surface area contributed by atoms with Crippen LogP contribution in [0.25, 0.3) is 0 Å². The van der Waals surface area contributed by atoms with Gasteiger partial charge in [0.15, 0.2) is 0 Å². The van der Waals surface area contributed by atoms with Crippen LogP contribution in [0.2, 0.25) is 0 Å². The third kappa shape index (κ3) is 3.16. The highest BCUT2D eigenvalue weighted by molar-refractivity contribution is 5.17. The van der Waals surface area contributed by atoms with Crippen molar-refractivity contribution < 1.29 is 10.2 Å². The Labute approximate surface area is 109 Å². The summed E-state index contributed by atoms with van der Waals surface area (Å²) in [4.78, 5) is 6.17. The fourth-order valence-corrected chi connectivity index (χ4v) is 2.26. The van der Waals surface area contributed by atoms with E-state index in [-0.39, 0.29) is 19.3 Å². The average molecular weight is 250 g/mol. The van der Waals surface area contributed by atoms with Gasteiger partial charge >= 0.3 is 0 Å². The Morgan fingerprint density at radius 2 is 2.17 bits per heavy atom. The molecular formula is C14H22N2O2. The molecule has 1 unspecified atom stereocenters. The molecule has 0 amide bonds. The van der Waals surface area contributed by atoms with Gasteiger partial charge in [0, 0.05) is 30.4 Å². The normalized spacial score (nSPS) is 13.6. The molecule has 1 aromatic heterocycles. The summed E-state index contributed by atoms with van der Waals surface area (Å²) in [6.45, 7) is 6.08. The van der Waals surface area contributed by atoms with E-state index >= 15 is 0 Å². The molecule has 1 rings (SSSR count). The van der Waals surface area contributed by atoms with Gasteiger partial charge in [0.1, 0.15) is 0 Å². The van der Waals surface area contributed by atoms with Gasteiger partial charge < -0.3 is 10.2 Å². The summed E-state index contributed by atoms with van der Waals surface area (Å²) in [7, 11) is 1.95. The van der Waals surface area contributed by atoms with Gasteiger partial charge in [-0.2, -0.15) is 0 Å². The number of aromatic nitrogens is 1. The van der Waals surface area contributed by atoms with Crippen LogP contribution < -0.4 is 0 Å². The van der Waals surface area contributed by atoms with Crippen molar-refractivity contribution in [2.24, 2.45) is 5.41 Å². The monoisotopic (exact) mass is 250 g/mol. The third-order valence-electron chi connectivity index (χ3n) is 3.24. The van der Waals surface area contributed by atoms with Crippen LogP contribution >= 0.6 is 0 Å². The van der Waals surface area contributed by atoms with Crippen LogP contribution in [0, 0.1) is 5.41 Å². The maximum atomic E-state index is 9.60. The molecular weight excluding hydrogens is 228 g/mol. The van der Waals surface area contributed by atoms with E-state index in [9.17, 15) is 10.2 Å². The Bertz CT molecular complexity index is 363. The standard InChI is InChI=1S/C14H22N2O2/c1-4-8-16(3)13(14(2,10-17)11-18)12-6-5-7-15-9-12/h4-7,9,13,17-18H,1,8,10-11H2,2-3H3. The van der Waals surface area contributed by atoms with Crippen LogP contribution in [0.1, 0.15) is 18.5 Å². The van der Waals surface area contributed by atoms with E-state index in [0.29, 0.717) is 6.54 Å². The second kappa shape index (κ2) is 6.64. The summed E-state index contributed by atoms with van der Waals surface area (Å²) < 4.78 is 0. The Morgan fingerprint density at radius 3 is 2.61 bits per heavy atom. The van der Waals surface area contributed by atoms with Crippen molar-refractivity contribution in [2.75, 3.05) is 26.8 Å². The molecule has 0 aromatic carbocycles. The van der Waals surface area contributed by atoms with Crippen molar-refractivity contribution in [3.05, 3.63) is 42.7 Å². The van der Waals surface area contributed by atoms with E-state index in [2.05, 4.69) is 16.5 Å².